The molecule has 0 aliphatic heterocycles. The number of carbonyl (C=O) groups excluding carboxylic acids is 1. The van der Waals surface area contributed by atoms with Crippen LogP contribution in [0.1, 0.15) is 24.0 Å². The Bertz CT molecular complexity index is 831. The number of hydrogen-bond acceptors (Lipinski definition) is 9. The zero-order valence-corrected chi connectivity index (χ0v) is 16.8. The van der Waals surface area contributed by atoms with Crippen molar-refractivity contribution in [2.24, 2.45) is 0 Å². The Morgan fingerprint density at radius 1 is 1.42 bits per heavy atom. The molecule has 0 aliphatic rings. The maximum atomic E-state index is 12.4. The van der Waals surface area contributed by atoms with E-state index in [0.717, 1.165) is 22.4 Å². The van der Waals surface area contributed by atoms with Gasteiger partial charge in [0.1, 0.15) is 5.76 Å². The summed E-state index contributed by atoms with van der Waals surface area (Å²) in [5, 5.41) is 20.7. The lowest BCUT2D eigenvalue weighted by Crippen LogP contribution is -2.24. The highest BCUT2D eigenvalue weighted by atomic mass is 32.2. The molecule has 0 unspecified atom stereocenters. The number of thiophene rings is 1. The van der Waals surface area contributed by atoms with E-state index in [1.54, 1.807) is 24.3 Å². The molecule has 1 amide bonds. The van der Waals surface area contributed by atoms with Crippen LogP contribution in [0.3, 0.4) is 0 Å². The summed E-state index contributed by atoms with van der Waals surface area (Å²) >= 11 is 4.62. The number of hydrogen-bond donors (Lipinski definition) is 2. The van der Waals surface area contributed by atoms with Crippen LogP contribution in [0.4, 0.5) is 10.9 Å². The fourth-order valence-electron chi connectivity index (χ4n) is 2.15. The number of carbonyl (C=O) groups is 1. The zero-order chi connectivity index (χ0) is 18.4. The van der Waals surface area contributed by atoms with Crippen LogP contribution < -0.4 is 10.6 Å². The van der Waals surface area contributed by atoms with E-state index in [0.29, 0.717) is 18.0 Å². The second kappa shape index (κ2) is 9.15. The van der Waals surface area contributed by atoms with E-state index < -0.39 is 0 Å². The van der Waals surface area contributed by atoms with Crippen molar-refractivity contribution in [2.75, 3.05) is 17.2 Å². The highest BCUT2D eigenvalue weighted by molar-refractivity contribution is 8.02. The molecular formula is C16H19N5O2S3. The van der Waals surface area contributed by atoms with Crippen LogP contribution in [0.25, 0.3) is 0 Å². The molecule has 138 valence electrons. The molecular weight excluding hydrogens is 390 g/mol. The maximum Gasteiger partial charge on any atom is 0.239 e. The van der Waals surface area contributed by atoms with Crippen LogP contribution in [0.15, 0.2) is 32.4 Å². The summed E-state index contributed by atoms with van der Waals surface area (Å²) in [6, 6.07) is 5.86. The van der Waals surface area contributed by atoms with Gasteiger partial charge in [-0.25, -0.2) is 0 Å². The monoisotopic (exact) mass is 409 g/mol. The average molecular weight is 410 g/mol. The van der Waals surface area contributed by atoms with Crippen molar-refractivity contribution >= 4 is 51.3 Å². The topological polar surface area (TPSA) is 92.9 Å². The molecule has 0 spiro atoms. The van der Waals surface area contributed by atoms with Gasteiger partial charge in [-0.15, -0.1) is 21.5 Å². The molecule has 0 bridgehead atoms. The summed E-state index contributed by atoms with van der Waals surface area (Å²) in [6.45, 7) is 4.55. The third-order valence-corrected chi connectivity index (χ3v) is 6.69. The van der Waals surface area contributed by atoms with E-state index in [4.69, 9.17) is 4.52 Å². The van der Waals surface area contributed by atoms with Crippen LogP contribution >= 0.6 is 34.4 Å². The van der Waals surface area contributed by atoms with Crippen LogP contribution in [0.5, 0.6) is 0 Å². The van der Waals surface area contributed by atoms with Crippen molar-refractivity contribution in [2.45, 2.75) is 36.3 Å². The first-order valence-electron chi connectivity index (χ1n) is 8.14. The Labute approximate surface area is 163 Å². The van der Waals surface area contributed by atoms with Crippen molar-refractivity contribution < 1.29 is 9.32 Å². The molecule has 1 atom stereocenters. The van der Waals surface area contributed by atoms with E-state index in [1.165, 1.54) is 28.0 Å². The van der Waals surface area contributed by atoms with Crippen LogP contribution in [-0.2, 0) is 11.2 Å². The standard InChI is InChI=1S/C16H19N5O2S3/c1-3-12(14(22)18-13-9-10(2)23-21-13)25-16-20-19-15(26-16)17-7-6-11-5-4-8-24-11/h4-5,8-9,12H,3,6-7H2,1-2H3,(H,17,19)(H,18,21,22)/t12-/m0/s1. The molecule has 3 aromatic rings. The van der Waals surface area contributed by atoms with E-state index in [-0.39, 0.29) is 11.2 Å². The van der Waals surface area contributed by atoms with Crippen molar-refractivity contribution in [1.29, 1.82) is 0 Å². The second-order valence-corrected chi connectivity index (χ2v) is 8.92. The molecule has 10 heteroatoms. The quantitative estimate of drug-likeness (QED) is 0.515. The molecule has 3 rings (SSSR count). The van der Waals surface area contributed by atoms with Crippen LogP contribution in [0, 0.1) is 6.92 Å². The van der Waals surface area contributed by atoms with E-state index in [2.05, 4.69) is 43.5 Å². The Hall–Kier alpha value is -1.91. The van der Waals surface area contributed by atoms with Gasteiger partial charge < -0.3 is 15.2 Å². The predicted octanol–water partition coefficient (Wildman–Crippen LogP) is 4.06. The van der Waals surface area contributed by atoms with Gasteiger partial charge in [-0.1, -0.05) is 41.2 Å². The normalized spacial score (nSPS) is 12.1. The predicted molar refractivity (Wildman–Crippen MR) is 106 cm³/mol. The van der Waals surface area contributed by atoms with Gasteiger partial charge in [-0.2, -0.15) is 0 Å². The molecule has 3 aromatic heterocycles. The van der Waals surface area contributed by atoms with Crippen molar-refractivity contribution in [3.05, 3.63) is 34.2 Å². The highest BCUT2D eigenvalue weighted by Crippen LogP contribution is 2.31. The molecule has 0 radical (unpaired) electrons. The lowest BCUT2D eigenvalue weighted by atomic mass is 10.3. The van der Waals surface area contributed by atoms with E-state index >= 15 is 0 Å². The van der Waals surface area contributed by atoms with Gasteiger partial charge in [0, 0.05) is 17.5 Å². The number of aryl methyl sites for hydroxylation is 1. The highest BCUT2D eigenvalue weighted by Gasteiger charge is 2.21. The Morgan fingerprint density at radius 2 is 2.31 bits per heavy atom. The summed E-state index contributed by atoms with van der Waals surface area (Å²) in [4.78, 5) is 13.7. The first-order valence-corrected chi connectivity index (χ1v) is 10.7. The summed E-state index contributed by atoms with van der Waals surface area (Å²) in [5.74, 6) is 0.969. The number of anilines is 2. The van der Waals surface area contributed by atoms with E-state index in [9.17, 15) is 4.79 Å². The SMILES string of the molecule is CC[C@H](Sc1nnc(NCCc2cccs2)s1)C(=O)Nc1cc(C)on1. The molecule has 0 aromatic carbocycles. The first kappa shape index (κ1) is 18.9. The molecule has 26 heavy (non-hydrogen) atoms. The zero-order valence-electron chi connectivity index (χ0n) is 14.4. The van der Waals surface area contributed by atoms with Gasteiger partial charge in [0.2, 0.25) is 11.0 Å². The van der Waals surface area contributed by atoms with Crippen molar-refractivity contribution in [1.82, 2.24) is 15.4 Å². The largest absolute Gasteiger partial charge is 0.360 e. The van der Waals surface area contributed by atoms with Gasteiger partial charge >= 0.3 is 0 Å². The van der Waals surface area contributed by atoms with Gasteiger partial charge in [-0.05, 0) is 31.2 Å². The van der Waals surface area contributed by atoms with Crippen LogP contribution in [0.2, 0.25) is 0 Å². The first-order chi connectivity index (χ1) is 12.6. The van der Waals surface area contributed by atoms with Gasteiger partial charge in [-0.3, -0.25) is 4.79 Å². The van der Waals surface area contributed by atoms with Gasteiger partial charge in [0.25, 0.3) is 0 Å². The van der Waals surface area contributed by atoms with Gasteiger partial charge in [0.15, 0.2) is 10.2 Å². The van der Waals surface area contributed by atoms with Crippen LogP contribution in [-0.4, -0.2) is 33.1 Å². The second-order valence-electron chi connectivity index (χ2n) is 5.46. The number of nitrogens with one attached hydrogen (secondary N) is 2. The summed E-state index contributed by atoms with van der Waals surface area (Å²) in [7, 11) is 0. The number of nitrogens with zero attached hydrogens (tertiary/aromatic N) is 3. The fourth-order valence-corrected chi connectivity index (χ4v) is 4.81. The van der Waals surface area contributed by atoms with E-state index in [1.807, 2.05) is 6.92 Å². The number of thioether (sulfide) groups is 1. The number of aromatic nitrogens is 3. The molecule has 0 saturated heterocycles. The fraction of sp³-hybridized carbons (Fsp3) is 0.375. The third-order valence-electron chi connectivity index (χ3n) is 3.42. The Morgan fingerprint density at radius 3 is 3.00 bits per heavy atom. The lowest BCUT2D eigenvalue weighted by Gasteiger charge is -2.10. The Kier molecular flexibility index (Phi) is 6.64. The van der Waals surface area contributed by atoms with Crippen molar-refractivity contribution in [3.8, 4) is 0 Å². The number of amides is 1. The average Bonchev–Trinajstić information content (AvgIpc) is 3.36. The molecule has 0 saturated carbocycles. The van der Waals surface area contributed by atoms with Crippen molar-refractivity contribution in [3.63, 3.8) is 0 Å². The third kappa shape index (κ3) is 5.29. The summed E-state index contributed by atoms with van der Waals surface area (Å²) in [6.07, 6.45) is 1.63. The van der Waals surface area contributed by atoms with Gasteiger partial charge in [0.05, 0.1) is 5.25 Å². The molecule has 2 N–H and O–H groups in total. The summed E-state index contributed by atoms with van der Waals surface area (Å²) < 4.78 is 5.73. The molecule has 7 nitrogen and oxygen atoms in total. The number of rotatable bonds is 9. The minimum atomic E-state index is -0.265. The minimum absolute atomic E-state index is 0.117. The molecule has 0 aliphatic carbocycles. The summed E-state index contributed by atoms with van der Waals surface area (Å²) in [5.41, 5.74) is 0. The lowest BCUT2D eigenvalue weighted by molar-refractivity contribution is -0.115. The smallest absolute Gasteiger partial charge is 0.239 e. The minimum Gasteiger partial charge on any atom is -0.360 e. The Balaban J connectivity index is 1.50. The molecule has 3 heterocycles. The molecule has 0 fully saturated rings. The maximum absolute atomic E-state index is 12.4.